The number of halogens is 1. The van der Waals surface area contributed by atoms with E-state index < -0.39 is 12.2 Å². The van der Waals surface area contributed by atoms with Gasteiger partial charge in [-0.3, -0.25) is 0 Å². The van der Waals surface area contributed by atoms with Crippen molar-refractivity contribution in [3.63, 3.8) is 0 Å². The van der Waals surface area contributed by atoms with Gasteiger partial charge in [0.15, 0.2) is 0 Å². The van der Waals surface area contributed by atoms with Crippen molar-refractivity contribution < 1.29 is 18.9 Å². The minimum Gasteiger partial charge on any atom is -0.492 e. The molecular formula is C35H31ClO4S. The van der Waals surface area contributed by atoms with Crippen LogP contribution in [0.15, 0.2) is 122 Å². The summed E-state index contributed by atoms with van der Waals surface area (Å²) >= 11 is 8.45. The average Bonchev–Trinajstić information content (AvgIpc) is 3.36. The molecule has 208 valence electrons. The molecule has 0 fully saturated rings. The van der Waals surface area contributed by atoms with E-state index in [1.807, 2.05) is 66.7 Å². The fourth-order valence-corrected chi connectivity index (χ4v) is 6.48. The molecule has 1 aliphatic rings. The van der Waals surface area contributed by atoms with Crippen LogP contribution >= 0.6 is 22.9 Å². The number of ether oxygens (including phenoxy) is 4. The van der Waals surface area contributed by atoms with Crippen molar-refractivity contribution >= 4 is 38.6 Å². The zero-order chi connectivity index (χ0) is 27.9. The molecule has 0 saturated carbocycles. The van der Waals surface area contributed by atoms with Crippen molar-refractivity contribution in [3.8, 4) is 0 Å². The van der Waals surface area contributed by atoms with Crippen molar-refractivity contribution in [3.05, 3.63) is 148 Å². The zero-order valence-electron chi connectivity index (χ0n) is 22.5. The molecule has 0 bridgehead atoms. The first kappa shape index (κ1) is 27.7. The van der Waals surface area contributed by atoms with E-state index in [1.165, 1.54) is 0 Å². The third kappa shape index (κ3) is 6.72. The van der Waals surface area contributed by atoms with E-state index in [9.17, 15) is 0 Å². The molecule has 1 aliphatic heterocycles. The summed E-state index contributed by atoms with van der Waals surface area (Å²) in [5.41, 5.74) is 5.07. The van der Waals surface area contributed by atoms with Gasteiger partial charge in [0.1, 0.15) is 22.6 Å². The highest BCUT2D eigenvalue weighted by Crippen LogP contribution is 2.44. The first-order valence-corrected chi connectivity index (χ1v) is 14.9. The Balaban J connectivity index is 1.33. The van der Waals surface area contributed by atoms with Crippen molar-refractivity contribution in [2.75, 3.05) is 6.61 Å². The van der Waals surface area contributed by atoms with Gasteiger partial charge >= 0.3 is 0 Å². The number of thiophene rings is 1. The summed E-state index contributed by atoms with van der Waals surface area (Å²) < 4.78 is 27.7. The van der Waals surface area contributed by atoms with Gasteiger partial charge in [-0.2, -0.15) is 0 Å². The van der Waals surface area contributed by atoms with Crippen LogP contribution in [0.4, 0.5) is 0 Å². The summed E-state index contributed by atoms with van der Waals surface area (Å²) in [7, 11) is 0. The third-order valence-corrected chi connectivity index (χ3v) is 8.51. The van der Waals surface area contributed by atoms with E-state index >= 15 is 0 Å². The molecule has 3 atom stereocenters. The largest absolute Gasteiger partial charge is 0.492 e. The fraction of sp³-hybridized carbons (Fsp3) is 0.200. The van der Waals surface area contributed by atoms with Crippen LogP contribution in [-0.4, -0.2) is 24.9 Å². The van der Waals surface area contributed by atoms with E-state index in [0.717, 1.165) is 37.9 Å². The second kappa shape index (κ2) is 13.5. The minimum atomic E-state index is -0.440. The number of fused-ring (bicyclic) bond motifs is 1. The molecule has 0 aliphatic carbocycles. The zero-order valence-corrected chi connectivity index (χ0v) is 24.1. The maximum atomic E-state index is 6.89. The van der Waals surface area contributed by atoms with Crippen molar-refractivity contribution in [1.29, 1.82) is 0 Å². The smallest absolute Gasteiger partial charge is 0.150 e. The van der Waals surface area contributed by atoms with Crippen LogP contribution in [-0.2, 0) is 38.8 Å². The molecule has 0 unspecified atom stereocenters. The van der Waals surface area contributed by atoms with Crippen molar-refractivity contribution in [1.82, 2.24) is 0 Å². The van der Waals surface area contributed by atoms with Gasteiger partial charge < -0.3 is 18.9 Å². The van der Waals surface area contributed by atoms with Crippen LogP contribution in [0.1, 0.15) is 22.3 Å². The second-order valence-corrected chi connectivity index (χ2v) is 11.6. The van der Waals surface area contributed by atoms with Gasteiger partial charge in [0.05, 0.1) is 32.7 Å². The highest BCUT2D eigenvalue weighted by Gasteiger charge is 2.40. The molecule has 5 aromatic rings. The van der Waals surface area contributed by atoms with Crippen molar-refractivity contribution in [2.45, 2.75) is 38.1 Å². The summed E-state index contributed by atoms with van der Waals surface area (Å²) in [5.74, 6) is 0. The first-order chi connectivity index (χ1) is 20.3. The quantitative estimate of drug-likeness (QED) is 0.156. The standard InChI is InChI=1S/C35H31ClO4S/c36-35-32(28-18-10-11-19-31(28)41-35)29-23-38-30(24-37-20-25-12-4-1-5-13-25)34(40-22-27-16-8-3-9-17-27)33(29)39-21-26-14-6-2-7-15-26/h1-19,23,30,33-34H,20-22,24H2/t30-,33-,34-/m1/s1. The molecule has 41 heavy (non-hydrogen) atoms. The van der Waals surface area contributed by atoms with E-state index in [2.05, 4.69) is 48.5 Å². The predicted octanol–water partition coefficient (Wildman–Crippen LogP) is 8.68. The lowest BCUT2D eigenvalue weighted by Gasteiger charge is -2.38. The molecule has 6 heteroatoms. The summed E-state index contributed by atoms with van der Waals surface area (Å²) in [4.78, 5) is 0. The molecule has 1 aromatic heterocycles. The van der Waals surface area contributed by atoms with Crippen LogP contribution in [0.2, 0.25) is 4.34 Å². The van der Waals surface area contributed by atoms with E-state index in [0.29, 0.717) is 30.8 Å². The second-order valence-electron chi connectivity index (χ2n) is 9.97. The van der Waals surface area contributed by atoms with E-state index in [1.54, 1.807) is 17.6 Å². The third-order valence-electron chi connectivity index (χ3n) is 7.13. The minimum absolute atomic E-state index is 0.349. The van der Waals surface area contributed by atoms with Crippen molar-refractivity contribution in [2.24, 2.45) is 0 Å². The lowest BCUT2D eigenvalue weighted by atomic mass is 9.92. The van der Waals surface area contributed by atoms with Crippen LogP contribution in [0.3, 0.4) is 0 Å². The first-order valence-electron chi connectivity index (χ1n) is 13.7. The van der Waals surface area contributed by atoms with Gasteiger partial charge in [-0.1, -0.05) is 121 Å². The predicted molar refractivity (Wildman–Crippen MR) is 166 cm³/mol. The molecule has 0 N–H and O–H groups in total. The van der Waals surface area contributed by atoms with Gasteiger partial charge in [-0.25, -0.2) is 0 Å². The maximum absolute atomic E-state index is 6.89. The summed E-state index contributed by atoms with van der Waals surface area (Å²) in [5, 5.41) is 1.08. The van der Waals surface area contributed by atoms with Gasteiger partial charge in [0.2, 0.25) is 0 Å². The number of hydrogen-bond acceptors (Lipinski definition) is 5. The number of benzene rings is 4. The van der Waals surface area contributed by atoms with Crippen LogP contribution in [0, 0.1) is 0 Å². The lowest BCUT2D eigenvalue weighted by Crippen LogP contribution is -2.47. The molecule has 4 nitrogen and oxygen atoms in total. The summed E-state index contributed by atoms with van der Waals surface area (Å²) in [6, 6.07) is 38.7. The Bertz CT molecular complexity index is 1570. The molecule has 0 spiro atoms. The van der Waals surface area contributed by atoms with E-state index in [4.69, 9.17) is 30.5 Å². The molecule has 2 heterocycles. The van der Waals surface area contributed by atoms with Gasteiger partial charge in [-0.15, -0.1) is 11.3 Å². The molecule has 6 rings (SSSR count). The highest BCUT2D eigenvalue weighted by molar-refractivity contribution is 7.23. The van der Waals surface area contributed by atoms with Crippen LogP contribution < -0.4 is 0 Å². The van der Waals surface area contributed by atoms with Gasteiger partial charge in [-0.05, 0) is 22.8 Å². The van der Waals surface area contributed by atoms with Crippen LogP contribution in [0.25, 0.3) is 15.7 Å². The summed E-state index contributed by atoms with van der Waals surface area (Å²) in [6.07, 6.45) is 0.545. The summed E-state index contributed by atoms with van der Waals surface area (Å²) in [6.45, 7) is 1.67. The fourth-order valence-electron chi connectivity index (χ4n) is 5.07. The number of rotatable bonds is 11. The molecule has 0 amide bonds. The monoisotopic (exact) mass is 582 g/mol. The molecular weight excluding hydrogens is 552 g/mol. The average molecular weight is 583 g/mol. The Morgan fingerprint density at radius 3 is 1.88 bits per heavy atom. The van der Waals surface area contributed by atoms with Crippen LogP contribution in [0.5, 0.6) is 0 Å². The molecule has 0 radical (unpaired) electrons. The maximum Gasteiger partial charge on any atom is 0.150 e. The Kier molecular flexibility index (Phi) is 9.11. The highest BCUT2D eigenvalue weighted by atomic mass is 35.5. The Morgan fingerprint density at radius 1 is 0.659 bits per heavy atom. The van der Waals surface area contributed by atoms with Gasteiger partial charge in [0, 0.05) is 21.2 Å². The number of hydrogen-bond donors (Lipinski definition) is 0. The molecule has 4 aromatic carbocycles. The van der Waals surface area contributed by atoms with Gasteiger partial charge in [0.25, 0.3) is 0 Å². The Morgan fingerprint density at radius 2 is 1.22 bits per heavy atom. The normalized spacial score (nSPS) is 18.7. The Labute approximate surface area is 249 Å². The SMILES string of the molecule is Clc1sc2ccccc2c1C1=CO[C@H](COCc2ccccc2)[C@@H](OCc2ccccc2)[C@@H]1OCc1ccccc1. The van der Waals surface area contributed by atoms with E-state index in [-0.39, 0.29) is 6.10 Å². The Hall–Kier alpha value is -3.45. The molecule has 0 saturated heterocycles. The lowest BCUT2D eigenvalue weighted by molar-refractivity contribution is -0.143. The topological polar surface area (TPSA) is 36.9 Å².